The summed E-state index contributed by atoms with van der Waals surface area (Å²) in [5.74, 6) is -0.190. The average molecular weight is 284 g/mol. The van der Waals surface area contributed by atoms with Crippen LogP contribution in [0.4, 0.5) is 5.69 Å². The van der Waals surface area contributed by atoms with E-state index in [0.29, 0.717) is 17.2 Å². The van der Waals surface area contributed by atoms with Gasteiger partial charge < -0.3 is 4.90 Å². The van der Waals surface area contributed by atoms with Crippen molar-refractivity contribution in [1.82, 2.24) is 5.32 Å². The van der Waals surface area contributed by atoms with Gasteiger partial charge in [-0.15, -0.1) is 0 Å². The van der Waals surface area contributed by atoms with Gasteiger partial charge in [0.15, 0.2) is 5.11 Å². The molecule has 0 radical (unpaired) electrons. The topological polar surface area (TPSA) is 32.3 Å². The minimum atomic E-state index is -0.190. The number of hydrogen-bond acceptors (Lipinski definition) is 2. The van der Waals surface area contributed by atoms with Crippen molar-refractivity contribution in [2.24, 2.45) is 0 Å². The normalized spacial score (nSPS) is 9.85. The van der Waals surface area contributed by atoms with Crippen molar-refractivity contribution in [2.45, 2.75) is 6.92 Å². The molecule has 2 rings (SSSR count). The summed E-state index contributed by atoms with van der Waals surface area (Å²) in [6, 6.07) is 18.8. The molecular weight excluding hydrogens is 268 g/mol. The summed E-state index contributed by atoms with van der Waals surface area (Å²) in [7, 11) is 0. The third-order valence-corrected chi connectivity index (χ3v) is 3.21. The fourth-order valence-electron chi connectivity index (χ4n) is 1.88. The van der Waals surface area contributed by atoms with Crippen LogP contribution in [0.5, 0.6) is 0 Å². The monoisotopic (exact) mass is 284 g/mol. The second kappa shape index (κ2) is 6.82. The predicted octanol–water partition coefficient (Wildman–Crippen LogP) is 3.23. The molecule has 0 aliphatic heterocycles. The zero-order chi connectivity index (χ0) is 14.4. The summed E-state index contributed by atoms with van der Waals surface area (Å²) in [5.41, 5.74) is 1.56. The van der Waals surface area contributed by atoms with Gasteiger partial charge in [-0.2, -0.15) is 0 Å². The van der Waals surface area contributed by atoms with Crippen LogP contribution in [0.15, 0.2) is 60.7 Å². The summed E-state index contributed by atoms with van der Waals surface area (Å²) in [5, 5.41) is 3.17. The molecule has 0 aromatic heterocycles. The van der Waals surface area contributed by atoms with E-state index < -0.39 is 0 Å². The van der Waals surface area contributed by atoms with Crippen LogP contribution in [-0.4, -0.2) is 17.6 Å². The van der Waals surface area contributed by atoms with Gasteiger partial charge in [-0.1, -0.05) is 36.4 Å². The van der Waals surface area contributed by atoms with Gasteiger partial charge in [0.25, 0.3) is 5.91 Å². The van der Waals surface area contributed by atoms with Crippen LogP contribution in [-0.2, 0) is 0 Å². The number of carbonyl (C=O) groups is 1. The van der Waals surface area contributed by atoms with E-state index in [-0.39, 0.29) is 5.91 Å². The van der Waals surface area contributed by atoms with Crippen molar-refractivity contribution in [2.75, 3.05) is 11.4 Å². The molecule has 0 heterocycles. The van der Waals surface area contributed by atoms with Crippen LogP contribution in [0.3, 0.4) is 0 Å². The number of carbonyl (C=O) groups excluding carboxylic acids is 1. The molecule has 1 amide bonds. The Morgan fingerprint density at radius 3 is 2.15 bits per heavy atom. The van der Waals surface area contributed by atoms with E-state index in [4.69, 9.17) is 12.2 Å². The molecule has 1 N–H and O–H groups in total. The number of para-hydroxylation sites is 1. The van der Waals surface area contributed by atoms with Crippen LogP contribution >= 0.6 is 12.2 Å². The molecule has 0 aliphatic rings. The lowest BCUT2D eigenvalue weighted by Crippen LogP contribution is -2.42. The highest BCUT2D eigenvalue weighted by Crippen LogP contribution is 2.13. The number of nitrogens with one attached hydrogen (secondary N) is 1. The lowest BCUT2D eigenvalue weighted by atomic mass is 10.2. The predicted molar refractivity (Wildman–Crippen MR) is 86.0 cm³/mol. The van der Waals surface area contributed by atoms with Crippen molar-refractivity contribution in [1.29, 1.82) is 0 Å². The lowest BCUT2D eigenvalue weighted by molar-refractivity contribution is 0.0977. The number of nitrogens with zero attached hydrogens (tertiary/aromatic N) is 1. The zero-order valence-electron chi connectivity index (χ0n) is 11.2. The largest absolute Gasteiger partial charge is 0.319 e. The van der Waals surface area contributed by atoms with E-state index in [2.05, 4.69) is 5.32 Å². The molecule has 0 atom stereocenters. The first kappa shape index (κ1) is 14.2. The summed E-state index contributed by atoms with van der Waals surface area (Å²) < 4.78 is 0. The average Bonchev–Trinajstić information content (AvgIpc) is 2.50. The molecule has 2 aromatic carbocycles. The van der Waals surface area contributed by atoms with Gasteiger partial charge in [0, 0.05) is 17.8 Å². The van der Waals surface area contributed by atoms with Gasteiger partial charge in [-0.3, -0.25) is 10.1 Å². The Morgan fingerprint density at radius 1 is 1.05 bits per heavy atom. The molecule has 102 valence electrons. The first-order chi connectivity index (χ1) is 9.72. The Labute approximate surface area is 124 Å². The molecule has 0 fully saturated rings. The SMILES string of the molecule is CCN(C(=S)NC(=O)c1ccccc1)c1ccccc1. The van der Waals surface area contributed by atoms with Crippen molar-refractivity contribution in [3.05, 3.63) is 66.2 Å². The van der Waals surface area contributed by atoms with Gasteiger partial charge in [0.2, 0.25) is 0 Å². The minimum Gasteiger partial charge on any atom is -0.319 e. The number of rotatable bonds is 3. The van der Waals surface area contributed by atoms with Crippen molar-refractivity contribution in [3.63, 3.8) is 0 Å². The molecule has 20 heavy (non-hydrogen) atoms. The molecule has 0 saturated heterocycles. The van der Waals surface area contributed by atoms with Crippen LogP contribution in [0.1, 0.15) is 17.3 Å². The van der Waals surface area contributed by atoms with Crippen molar-refractivity contribution >= 4 is 28.9 Å². The van der Waals surface area contributed by atoms with E-state index in [1.54, 1.807) is 12.1 Å². The van der Waals surface area contributed by atoms with Crippen molar-refractivity contribution < 1.29 is 4.79 Å². The molecule has 0 saturated carbocycles. The molecule has 2 aromatic rings. The second-order valence-corrected chi connectivity index (χ2v) is 4.59. The number of benzene rings is 2. The van der Waals surface area contributed by atoms with Gasteiger partial charge in [-0.25, -0.2) is 0 Å². The fraction of sp³-hybridized carbons (Fsp3) is 0.125. The molecule has 4 heteroatoms. The van der Waals surface area contributed by atoms with E-state index >= 15 is 0 Å². The van der Waals surface area contributed by atoms with Crippen LogP contribution in [0.2, 0.25) is 0 Å². The van der Waals surface area contributed by atoms with E-state index in [1.165, 1.54) is 0 Å². The van der Waals surface area contributed by atoms with E-state index in [0.717, 1.165) is 5.69 Å². The first-order valence-corrected chi connectivity index (χ1v) is 6.86. The maximum atomic E-state index is 12.1. The summed E-state index contributed by atoms with van der Waals surface area (Å²) >= 11 is 5.33. The molecule has 0 bridgehead atoms. The Hall–Kier alpha value is -2.20. The Morgan fingerprint density at radius 2 is 1.60 bits per heavy atom. The Balaban J connectivity index is 2.09. The van der Waals surface area contributed by atoms with Gasteiger partial charge >= 0.3 is 0 Å². The Bertz CT molecular complexity index is 584. The number of thiocarbonyl (C=S) groups is 1. The molecule has 0 spiro atoms. The molecule has 0 aliphatic carbocycles. The fourth-order valence-corrected chi connectivity index (χ4v) is 2.20. The maximum Gasteiger partial charge on any atom is 0.257 e. The first-order valence-electron chi connectivity index (χ1n) is 6.45. The highest BCUT2D eigenvalue weighted by atomic mass is 32.1. The van der Waals surface area contributed by atoms with Gasteiger partial charge in [-0.05, 0) is 43.4 Å². The standard InChI is InChI=1S/C16H16N2OS/c1-2-18(14-11-7-4-8-12-14)16(20)17-15(19)13-9-5-3-6-10-13/h3-12H,2H2,1H3,(H,17,19,20). The third kappa shape index (κ3) is 3.42. The summed E-state index contributed by atoms with van der Waals surface area (Å²) in [6.45, 7) is 2.69. The van der Waals surface area contributed by atoms with Gasteiger partial charge in [0.05, 0.1) is 0 Å². The van der Waals surface area contributed by atoms with Crippen LogP contribution in [0.25, 0.3) is 0 Å². The van der Waals surface area contributed by atoms with Crippen LogP contribution in [0, 0.1) is 0 Å². The quantitative estimate of drug-likeness (QED) is 0.878. The number of amides is 1. The van der Waals surface area contributed by atoms with Crippen molar-refractivity contribution in [3.8, 4) is 0 Å². The van der Waals surface area contributed by atoms with Crippen LogP contribution < -0.4 is 10.2 Å². The van der Waals surface area contributed by atoms with E-state index in [9.17, 15) is 4.79 Å². The molecule has 0 unspecified atom stereocenters. The highest BCUT2D eigenvalue weighted by Gasteiger charge is 2.13. The zero-order valence-corrected chi connectivity index (χ0v) is 12.1. The maximum absolute atomic E-state index is 12.1. The lowest BCUT2D eigenvalue weighted by Gasteiger charge is -2.23. The smallest absolute Gasteiger partial charge is 0.257 e. The number of hydrogen-bond donors (Lipinski definition) is 1. The minimum absolute atomic E-state index is 0.190. The summed E-state index contributed by atoms with van der Waals surface area (Å²) in [4.78, 5) is 14.0. The van der Waals surface area contributed by atoms with E-state index in [1.807, 2.05) is 60.4 Å². The molecular formula is C16H16N2OS. The second-order valence-electron chi connectivity index (χ2n) is 4.21. The molecule has 3 nitrogen and oxygen atoms in total. The summed E-state index contributed by atoms with van der Waals surface area (Å²) in [6.07, 6.45) is 0. The number of anilines is 1. The van der Waals surface area contributed by atoms with Gasteiger partial charge in [0.1, 0.15) is 0 Å². The Kier molecular flexibility index (Phi) is 4.85. The third-order valence-electron chi connectivity index (χ3n) is 2.89. The highest BCUT2D eigenvalue weighted by molar-refractivity contribution is 7.80.